The molecule has 0 unspecified atom stereocenters. The van der Waals surface area contributed by atoms with Crippen LogP contribution in [0.2, 0.25) is 0 Å². The summed E-state index contributed by atoms with van der Waals surface area (Å²) >= 11 is 0. The number of aliphatic hydroxyl groups excluding tert-OH is 1. The fraction of sp³-hybridized carbons (Fsp3) is 0.700. The molecule has 2 saturated carbocycles. The summed E-state index contributed by atoms with van der Waals surface area (Å²) in [4.78, 5) is 0. The van der Waals surface area contributed by atoms with Crippen molar-refractivity contribution in [3.05, 3.63) is 35.9 Å². The molecular formula is C20H31NO2. The Morgan fingerprint density at radius 3 is 2.74 bits per heavy atom. The van der Waals surface area contributed by atoms with E-state index in [0.29, 0.717) is 13.2 Å². The third-order valence-corrected chi connectivity index (χ3v) is 5.79. The van der Waals surface area contributed by atoms with Crippen molar-refractivity contribution in [3.8, 4) is 0 Å². The summed E-state index contributed by atoms with van der Waals surface area (Å²) in [5.74, 6) is 2.88. The first-order valence-electron chi connectivity index (χ1n) is 9.26. The zero-order chi connectivity index (χ0) is 16.1. The molecule has 0 amide bonds. The van der Waals surface area contributed by atoms with E-state index in [1.807, 2.05) is 18.2 Å². The predicted molar refractivity (Wildman–Crippen MR) is 93.2 cm³/mol. The normalized spacial score (nSPS) is 28.9. The fourth-order valence-electron chi connectivity index (χ4n) is 4.42. The van der Waals surface area contributed by atoms with Crippen LogP contribution in [0.25, 0.3) is 0 Å². The van der Waals surface area contributed by atoms with Crippen molar-refractivity contribution in [1.82, 2.24) is 5.32 Å². The molecule has 5 atom stereocenters. The van der Waals surface area contributed by atoms with Crippen LogP contribution >= 0.6 is 0 Å². The Kier molecular flexibility index (Phi) is 6.09. The van der Waals surface area contributed by atoms with Crippen molar-refractivity contribution in [2.45, 2.75) is 51.2 Å². The SMILES string of the molecule is C[C@H](NC[C@@H](O)COCC[C@H]1C[C@H]2CC[C@H]1C2)c1ccccc1. The van der Waals surface area contributed by atoms with Gasteiger partial charge >= 0.3 is 0 Å². The second kappa shape index (κ2) is 8.27. The number of hydrogen-bond donors (Lipinski definition) is 2. The number of ether oxygens (including phenoxy) is 1. The third-order valence-electron chi connectivity index (χ3n) is 5.79. The highest BCUT2D eigenvalue weighted by Crippen LogP contribution is 2.49. The van der Waals surface area contributed by atoms with E-state index >= 15 is 0 Å². The van der Waals surface area contributed by atoms with Crippen LogP contribution in [0.15, 0.2) is 30.3 Å². The summed E-state index contributed by atoms with van der Waals surface area (Å²) in [6, 6.07) is 10.6. The number of benzene rings is 1. The monoisotopic (exact) mass is 317 g/mol. The highest BCUT2D eigenvalue weighted by molar-refractivity contribution is 5.17. The van der Waals surface area contributed by atoms with Gasteiger partial charge < -0.3 is 15.2 Å². The minimum Gasteiger partial charge on any atom is -0.389 e. The van der Waals surface area contributed by atoms with Crippen LogP contribution < -0.4 is 5.32 Å². The van der Waals surface area contributed by atoms with Gasteiger partial charge in [0, 0.05) is 19.2 Å². The van der Waals surface area contributed by atoms with Gasteiger partial charge in [0.05, 0.1) is 12.7 Å². The average molecular weight is 317 g/mol. The molecule has 1 aromatic carbocycles. The van der Waals surface area contributed by atoms with Gasteiger partial charge in [0.1, 0.15) is 0 Å². The summed E-state index contributed by atoms with van der Waals surface area (Å²) in [6.45, 7) is 3.94. The summed E-state index contributed by atoms with van der Waals surface area (Å²) in [7, 11) is 0. The van der Waals surface area contributed by atoms with Gasteiger partial charge in [-0.05, 0) is 55.9 Å². The van der Waals surface area contributed by atoms with Crippen molar-refractivity contribution < 1.29 is 9.84 Å². The molecule has 2 aliphatic carbocycles. The van der Waals surface area contributed by atoms with Crippen LogP contribution in [0, 0.1) is 17.8 Å². The largest absolute Gasteiger partial charge is 0.389 e. The molecule has 0 heterocycles. The van der Waals surface area contributed by atoms with Crippen LogP contribution in [0.1, 0.15) is 50.6 Å². The number of aliphatic hydroxyl groups is 1. The lowest BCUT2D eigenvalue weighted by molar-refractivity contribution is 0.0280. The maximum absolute atomic E-state index is 10.1. The molecule has 0 aliphatic heterocycles. The van der Waals surface area contributed by atoms with Crippen LogP contribution in [-0.2, 0) is 4.74 Å². The summed E-state index contributed by atoms with van der Waals surface area (Å²) in [5.41, 5.74) is 1.25. The Morgan fingerprint density at radius 1 is 1.22 bits per heavy atom. The van der Waals surface area contributed by atoms with E-state index in [-0.39, 0.29) is 6.04 Å². The van der Waals surface area contributed by atoms with Crippen molar-refractivity contribution in [2.24, 2.45) is 17.8 Å². The fourth-order valence-corrected chi connectivity index (χ4v) is 4.42. The van der Waals surface area contributed by atoms with Gasteiger partial charge in [-0.1, -0.05) is 36.8 Å². The van der Waals surface area contributed by atoms with Gasteiger partial charge in [0.25, 0.3) is 0 Å². The molecule has 0 aromatic heterocycles. The zero-order valence-electron chi connectivity index (χ0n) is 14.3. The van der Waals surface area contributed by atoms with E-state index in [9.17, 15) is 5.11 Å². The van der Waals surface area contributed by atoms with E-state index < -0.39 is 6.10 Å². The van der Waals surface area contributed by atoms with Gasteiger partial charge in [-0.25, -0.2) is 0 Å². The molecule has 3 rings (SSSR count). The van der Waals surface area contributed by atoms with E-state index in [0.717, 1.165) is 24.4 Å². The number of nitrogens with one attached hydrogen (secondary N) is 1. The topological polar surface area (TPSA) is 41.5 Å². The van der Waals surface area contributed by atoms with Crippen molar-refractivity contribution in [3.63, 3.8) is 0 Å². The van der Waals surface area contributed by atoms with Crippen LogP contribution in [0.3, 0.4) is 0 Å². The molecule has 128 valence electrons. The van der Waals surface area contributed by atoms with Crippen molar-refractivity contribution >= 4 is 0 Å². The van der Waals surface area contributed by atoms with Crippen molar-refractivity contribution in [1.29, 1.82) is 0 Å². The smallest absolute Gasteiger partial charge is 0.0897 e. The maximum atomic E-state index is 10.1. The molecule has 3 heteroatoms. The highest BCUT2D eigenvalue weighted by atomic mass is 16.5. The number of rotatable bonds is 9. The van der Waals surface area contributed by atoms with Crippen LogP contribution in [0.5, 0.6) is 0 Å². The van der Waals surface area contributed by atoms with Gasteiger partial charge in [-0.15, -0.1) is 0 Å². The van der Waals surface area contributed by atoms with Crippen molar-refractivity contribution in [2.75, 3.05) is 19.8 Å². The Morgan fingerprint density at radius 2 is 2.04 bits per heavy atom. The first-order chi connectivity index (χ1) is 11.2. The summed E-state index contributed by atoms with van der Waals surface area (Å²) < 4.78 is 5.71. The van der Waals surface area contributed by atoms with Crippen LogP contribution in [0.4, 0.5) is 0 Å². The first-order valence-corrected chi connectivity index (χ1v) is 9.26. The Hall–Kier alpha value is -0.900. The maximum Gasteiger partial charge on any atom is 0.0897 e. The molecule has 3 nitrogen and oxygen atoms in total. The zero-order valence-corrected chi connectivity index (χ0v) is 14.3. The quantitative estimate of drug-likeness (QED) is 0.685. The Labute approximate surface area is 140 Å². The molecule has 1 aromatic rings. The molecular weight excluding hydrogens is 286 g/mol. The van der Waals surface area contributed by atoms with Gasteiger partial charge in [-0.3, -0.25) is 0 Å². The first kappa shape index (κ1) is 16.9. The van der Waals surface area contributed by atoms with Gasteiger partial charge in [-0.2, -0.15) is 0 Å². The van der Waals surface area contributed by atoms with E-state index in [2.05, 4.69) is 24.4 Å². The molecule has 23 heavy (non-hydrogen) atoms. The van der Waals surface area contributed by atoms with E-state index in [1.54, 1.807) is 0 Å². The predicted octanol–water partition coefficient (Wildman–Crippen LogP) is 3.54. The van der Waals surface area contributed by atoms with Crippen LogP contribution in [-0.4, -0.2) is 31.0 Å². The van der Waals surface area contributed by atoms with E-state index in [4.69, 9.17) is 4.74 Å². The second-order valence-electron chi connectivity index (χ2n) is 7.49. The Bertz CT molecular complexity index is 464. The molecule has 0 spiro atoms. The summed E-state index contributed by atoms with van der Waals surface area (Å²) in [5, 5.41) is 13.4. The van der Waals surface area contributed by atoms with Gasteiger partial charge in [0.2, 0.25) is 0 Å². The average Bonchev–Trinajstić information content (AvgIpc) is 3.20. The van der Waals surface area contributed by atoms with Gasteiger partial charge in [0.15, 0.2) is 0 Å². The van der Waals surface area contributed by atoms with E-state index in [1.165, 1.54) is 37.7 Å². The molecule has 0 radical (unpaired) electrons. The minimum absolute atomic E-state index is 0.250. The lowest BCUT2D eigenvalue weighted by atomic mass is 9.87. The molecule has 2 N–H and O–H groups in total. The molecule has 2 fully saturated rings. The third kappa shape index (κ3) is 4.79. The lowest BCUT2D eigenvalue weighted by Crippen LogP contribution is -2.32. The lowest BCUT2D eigenvalue weighted by Gasteiger charge is -2.22. The molecule has 0 saturated heterocycles. The number of fused-ring (bicyclic) bond motifs is 2. The standard InChI is InChI=1S/C20H31NO2/c1-15(17-5-3-2-4-6-17)21-13-20(22)14-23-10-9-19-12-16-7-8-18(19)11-16/h2-6,15-16,18-22H,7-14H2,1H3/t15-,16-,18-,19-,20+/m0/s1. The summed E-state index contributed by atoms with van der Waals surface area (Å²) in [6.07, 6.45) is 6.55. The minimum atomic E-state index is -0.429. The molecule has 2 bridgehead atoms. The molecule has 2 aliphatic rings. The highest BCUT2D eigenvalue weighted by Gasteiger charge is 2.38. The number of hydrogen-bond acceptors (Lipinski definition) is 3. The Balaban J connectivity index is 1.26. The second-order valence-corrected chi connectivity index (χ2v) is 7.49.